The molecule has 1 aromatic heterocycles. The molecule has 1 fully saturated rings. The molecule has 1 saturated heterocycles. The molecule has 0 radical (unpaired) electrons. The Morgan fingerprint density at radius 3 is 2.44 bits per heavy atom. The second-order valence-electron chi connectivity index (χ2n) is 9.45. The van der Waals surface area contributed by atoms with Gasteiger partial charge in [-0.25, -0.2) is 19.0 Å². The van der Waals surface area contributed by atoms with Crippen LogP contribution >= 0.6 is 11.5 Å². The number of hydrogen-bond acceptors (Lipinski definition) is 9. The van der Waals surface area contributed by atoms with Crippen molar-refractivity contribution in [2.24, 2.45) is 0 Å². The van der Waals surface area contributed by atoms with Gasteiger partial charge in [0.25, 0.3) is 0 Å². The van der Waals surface area contributed by atoms with Gasteiger partial charge in [0, 0.05) is 36.3 Å². The van der Waals surface area contributed by atoms with Crippen LogP contribution in [-0.4, -0.2) is 57.1 Å². The third-order valence-electron chi connectivity index (χ3n) is 6.63. The number of hydrogen-bond donors (Lipinski definition) is 3. The number of halogens is 1. The maximum Gasteiger partial charge on any atom is 0.413 e. The molecule has 0 spiro atoms. The zero-order chi connectivity index (χ0) is 28.9. The highest BCUT2D eigenvalue weighted by molar-refractivity contribution is 7.09. The van der Waals surface area contributed by atoms with Crippen LogP contribution in [0.15, 0.2) is 60.7 Å². The van der Waals surface area contributed by atoms with Crippen molar-refractivity contribution >= 4 is 35.6 Å². The highest BCUT2D eigenvalue weighted by Gasteiger charge is 2.24. The molecule has 3 aromatic carbocycles. The molecule has 1 amide bonds. The van der Waals surface area contributed by atoms with Crippen molar-refractivity contribution in [3.63, 3.8) is 0 Å². The number of ether oxygens (including phenoxy) is 1. The molecule has 0 aliphatic carbocycles. The van der Waals surface area contributed by atoms with Crippen LogP contribution in [0.4, 0.5) is 14.9 Å². The molecule has 0 unspecified atom stereocenters. The van der Waals surface area contributed by atoms with Gasteiger partial charge >= 0.3 is 12.1 Å². The van der Waals surface area contributed by atoms with E-state index in [1.807, 2.05) is 24.3 Å². The van der Waals surface area contributed by atoms with Crippen LogP contribution in [0.2, 0.25) is 0 Å². The predicted octanol–water partition coefficient (Wildman–Crippen LogP) is 4.91. The number of phenolic OH excluding ortho intramolecular Hbond substituents is 1. The average Bonchev–Trinajstić information content (AvgIpc) is 3.68. The zero-order valence-corrected chi connectivity index (χ0v) is 22.4. The molecule has 0 bridgehead atoms. The molecule has 4 aromatic rings. The zero-order valence-electron chi connectivity index (χ0n) is 21.6. The normalized spacial score (nSPS) is 13.5. The highest BCUT2D eigenvalue weighted by Crippen LogP contribution is 2.32. The van der Waals surface area contributed by atoms with E-state index in [1.54, 1.807) is 0 Å². The van der Waals surface area contributed by atoms with Gasteiger partial charge in [-0.2, -0.15) is 4.37 Å². The van der Waals surface area contributed by atoms with Crippen LogP contribution in [0.3, 0.4) is 0 Å². The number of carboxylic acids is 1. The van der Waals surface area contributed by atoms with Crippen molar-refractivity contribution in [1.29, 1.82) is 0 Å². The third-order valence-corrected chi connectivity index (χ3v) is 7.39. The minimum Gasteiger partial charge on any atom is -0.508 e. The van der Waals surface area contributed by atoms with Gasteiger partial charge in [-0.3, -0.25) is 4.79 Å². The van der Waals surface area contributed by atoms with Crippen LogP contribution < -0.4 is 15.0 Å². The molecule has 10 nitrogen and oxygen atoms in total. The monoisotopic (exact) mass is 576 g/mol. The third kappa shape index (κ3) is 6.49. The number of aliphatic carboxylic acids is 1. The fourth-order valence-corrected chi connectivity index (χ4v) is 5.19. The van der Waals surface area contributed by atoms with Crippen LogP contribution in [0.1, 0.15) is 28.8 Å². The lowest BCUT2D eigenvalue weighted by Crippen LogP contribution is -2.43. The Morgan fingerprint density at radius 2 is 1.78 bits per heavy atom. The molecule has 0 saturated carbocycles. The topological polar surface area (TPSA) is 142 Å². The van der Waals surface area contributed by atoms with Crippen molar-refractivity contribution in [1.82, 2.24) is 14.7 Å². The standard InChI is InChI=1S/C29H25FN4O6S/c30-23-15-19(27-32-26(33-41-27)18-5-7-21(8-6-18)34-11-1-2-12-34)14-20(16-35)25(23)40-29(39)31-24(28(37)38)13-17-3-9-22(36)10-4-17/h3-10,14-16,24,36H,1-2,11-13H2,(H,31,39)(H,37,38)/t24-/m0/s1. The Morgan fingerprint density at radius 1 is 1.07 bits per heavy atom. The van der Waals surface area contributed by atoms with E-state index in [1.165, 1.54) is 43.2 Å². The van der Waals surface area contributed by atoms with Gasteiger partial charge in [0.15, 0.2) is 23.7 Å². The summed E-state index contributed by atoms with van der Waals surface area (Å²) in [6.45, 7) is 2.06. The minimum absolute atomic E-state index is 0.00429. The van der Waals surface area contributed by atoms with E-state index in [2.05, 4.69) is 19.6 Å². The molecular formula is C29H25FN4O6S. The summed E-state index contributed by atoms with van der Waals surface area (Å²) in [5, 5.41) is 21.4. The van der Waals surface area contributed by atoms with Gasteiger partial charge in [-0.1, -0.05) is 12.1 Å². The number of aldehydes is 1. The molecule has 2 heterocycles. The summed E-state index contributed by atoms with van der Waals surface area (Å²) < 4.78 is 24.5. The number of anilines is 1. The fourth-order valence-electron chi connectivity index (χ4n) is 4.52. The SMILES string of the molecule is O=Cc1cc(-c2nc(-c3ccc(N4CCCC4)cc3)ns2)cc(F)c1OC(=O)N[C@@H](Cc1ccc(O)cc1)C(=O)O. The first-order valence-corrected chi connectivity index (χ1v) is 13.6. The second kappa shape index (κ2) is 12.1. The Hall–Kier alpha value is -4.84. The predicted molar refractivity (Wildman–Crippen MR) is 150 cm³/mol. The van der Waals surface area contributed by atoms with Crippen molar-refractivity contribution in [3.8, 4) is 33.5 Å². The largest absolute Gasteiger partial charge is 0.508 e. The quantitative estimate of drug-likeness (QED) is 0.237. The van der Waals surface area contributed by atoms with Gasteiger partial charge in [0.05, 0.1) is 5.56 Å². The maximum atomic E-state index is 15.1. The van der Waals surface area contributed by atoms with E-state index in [9.17, 15) is 24.6 Å². The number of aromatic nitrogens is 2. The number of carboxylic acid groups (broad SMARTS) is 1. The molecule has 12 heteroatoms. The lowest BCUT2D eigenvalue weighted by molar-refractivity contribution is -0.139. The van der Waals surface area contributed by atoms with Gasteiger partial charge in [-0.05, 0) is 78.5 Å². The molecule has 3 N–H and O–H groups in total. The van der Waals surface area contributed by atoms with Crippen molar-refractivity contribution in [2.45, 2.75) is 25.3 Å². The fraction of sp³-hybridized carbons (Fsp3) is 0.207. The van der Waals surface area contributed by atoms with Gasteiger partial charge in [0.1, 0.15) is 16.8 Å². The maximum absolute atomic E-state index is 15.1. The summed E-state index contributed by atoms with van der Waals surface area (Å²) in [5.74, 6) is -2.53. The summed E-state index contributed by atoms with van der Waals surface area (Å²) in [6, 6.07) is 14.7. The summed E-state index contributed by atoms with van der Waals surface area (Å²) in [7, 11) is 0. The minimum atomic E-state index is -1.40. The number of benzene rings is 3. The number of phenols is 1. The van der Waals surface area contributed by atoms with Gasteiger partial charge in [-0.15, -0.1) is 0 Å². The van der Waals surface area contributed by atoms with E-state index in [-0.39, 0.29) is 23.3 Å². The number of carbonyl (C=O) groups is 3. The Kier molecular flexibility index (Phi) is 8.20. The van der Waals surface area contributed by atoms with Crippen molar-refractivity contribution < 1.29 is 33.7 Å². The molecule has 1 aliphatic rings. The number of carbonyl (C=O) groups excluding carboxylic acids is 2. The molecule has 41 heavy (non-hydrogen) atoms. The number of amides is 1. The Labute approximate surface area is 238 Å². The smallest absolute Gasteiger partial charge is 0.413 e. The lowest BCUT2D eigenvalue weighted by atomic mass is 10.1. The highest BCUT2D eigenvalue weighted by atomic mass is 32.1. The second-order valence-corrected chi connectivity index (χ2v) is 10.2. The first-order chi connectivity index (χ1) is 19.8. The summed E-state index contributed by atoms with van der Waals surface area (Å²) in [4.78, 5) is 42.7. The van der Waals surface area contributed by atoms with Gasteiger partial charge in [0.2, 0.25) is 0 Å². The summed E-state index contributed by atoms with van der Waals surface area (Å²) >= 11 is 1.03. The van der Waals surface area contributed by atoms with E-state index < -0.39 is 29.7 Å². The molecule has 1 atom stereocenters. The number of nitrogens with zero attached hydrogens (tertiary/aromatic N) is 3. The Balaban J connectivity index is 1.29. The first kappa shape index (κ1) is 27.7. The molecule has 210 valence electrons. The lowest BCUT2D eigenvalue weighted by Gasteiger charge is -2.17. The van der Waals surface area contributed by atoms with Crippen LogP contribution in [0.5, 0.6) is 11.5 Å². The van der Waals surface area contributed by atoms with Gasteiger partial charge < -0.3 is 25.2 Å². The van der Waals surface area contributed by atoms with E-state index >= 15 is 4.39 Å². The van der Waals surface area contributed by atoms with Crippen molar-refractivity contribution in [2.75, 3.05) is 18.0 Å². The number of rotatable bonds is 9. The first-order valence-electron chi connectivity index (χ1n) is 12.8. The van der Waals surface area contributed by atoms with Crippen LogP contribution in [0.25, 0.3) is 22.0 Å². The van der Waals surface area contributed by atoms with Crippen LogP contribution in [-0.2, 0) is 11.2 Å². The molecule has 1 aliphatic heterocycles. The molecular weight excluding hydrogens is 551 g/mol. The Bertz CT molecular complexity index is 1570. The molecule has 5 rings (SSSR count). The van der Waals surface area contributed by atoms with Crippen molar-refractivity contribution in [3.05, 3.63) is 77.6 Å². The van der Waals surface area contributed by atoms with Crippen LogP contribution in [0, 0.1) is 5.82 Å². The summed E-state index contributed by atoms with van der Waals surface area (Å²) in [5.41, 5.74) is 2.47. The number of aromatic hydroxyl groups is 1. The van der Waals surface area contributed by atoms with E-state index in [0.29, 0.717) is 22.7 Å². The summed E-state index contributed by atoms with van der Waals surface area (Å²) in [6.07, 6.45) is 1.32. The average molecular weight is 577 g/mol. The van der Waals surface area contributed by atoms with E-state index in [0.717, 1.165) is 41.9 Å². The van der Waals surface area contributed by atoms with E-state index in [4.69, 9.17) is 4.74 Å². The number of nitrogens with one attached hydrogen (secondary N) is 1.